The molecular weight excluding hydrogens is 287 g/mol. The number of benzene rings is 2. The van der Waals surface area contributed by atoms with Crippen LogP contribution >= 0.6 is 0 Å². The summed E-state index contributed by atoms with van der Waals surface area (Å²) in [6, 6.07) is 14.0. The molecule has 23 heavy (non-hydrogen) atoms. The molecule has 0 fully saturated rings. The molecule has 1 atom stereocenters. The first kappa shape index (κ1) is 16.0. The predicted molar refractivity (Wildman–Crippen MR) is 94.5 cm³/mol. The van der Waals surface area contributed by atoms with Gasteiger partial charge in [-0.2, -0.15) is 0 Å². The molecule has 1 heterocycles. The summed E-state index contributed by atoms with van der Waals surface area (Å²) in [5.41, 5.74) is 5.32. The monoisotopic (exact) mass is 312 g/mol. The van der Waals surface area contributed by atoms with Gasteiger partial charge in [-0.05, 0) is 74.0 Å². The first-order valence-corrected chi connectivity index (χ1v) is 8.54. The summed E-state index contributed by atoms with van der Waals surface area (Å²) in [4.78, 5) is 0. The predicted octanol–water partition coefficient (Wildman–Crippen LogP) is 3.95. The van der Waals surface area contributed by atoms with Crippen molar-refractivity contribution in [1.29, 1.82) is 0 Å². The second-order valence-corrected chi connectivity index (χ2v) is 6.46. The molecule has 0 saturated heterocycles. The van der Waals surface area contributed by atoms with Crippen molar-refractivity contribution in [2.75, 3.05) is 18.4 Å². The van der Waals surface area contributed by atoms with Crippen molar-refractivity contribution >= 4 is 5.69 Å². The maximum absolute atomic E-state index is 12.9. The Bertz CT molecular complexity index is 637. The molecule has 3 rings (SSSR count). The van der Waals surface area contributed by atoms with Gasteiger partial charge in [-0.25, -0.2) is 4.39 Å². The minimum atomic E-state index is -0.169. The van der Waals surface area contributed by atoms with Crippen molar-refractivity contribution in [2.45, 2.75) is 38.6 Å². The molecule has 0 aromatic heterocycles. The summed E-state index contributed by atoms with van der Waals surface area (Å²) >= 11 is 0. The second kappa shape index (κ2) is 7.60. The van der Waals surface area contributed by atoms with Crippen molar-refractivity contribution in [1.82, 2.24) is 5.32 Å². The largest absolute Gasteiger partial charge is 0.385 e. The van der Waals surface area contributed by atoms with Crippen molar-refractivity contribution in [3.05, 3.63) is 65.0 Å². The highest BCUT2D eigenvalue weighted by molar-refractivity contribution is 5.54. The minimum absolute atomic E-state index is 0.169. The maximum atomic E-state index is 12.9. The fourth-order valence-corrected chi connectivity index (χ4v) is 3.19. The van der Waals surface area contributed by atoms with Gasteiger partial charge in [-0.15, -0.1) is 0 Å². The van der Waals surface area contributed by atoms with E-state index in [4.69, 9.17) is 0 Å². The van der Waals surface area contributed by atoms with Gasteiger partial charge in [0.15, 0.2) is 0 Å². The fraction of sp³-hybridized carbons (Fsp3) is 0.400. The third kappa shape index (κ3) is 4.55. The average Bonchev–Trinajstić information content (AvgIpc) is 2.56. The number of hydrogen-bond acceptors (Lipinski definition) is 2. The number of nitrogens with one attached hydrogen (secondary N) is 2. The van der Waals surface area contributed by atoms with Crippen molar-refractivity contribution in [3.63, 3.8) is 0 Å². The van der Waals surface area contributed by atoms with Crippen LogP contribution in [0, 0.1) is 5.82 Å². The smallest absolute Gasteiger partial charge is 0.123 e. The van der Waals surface area contributed by atoms with E-state index in [0.29, 0.717) is 6.04 Å². The van der Waals surface area contributed by atoms with Crippen molar-refractivity contribution < 1.29 is 4.39 Å². The van der Waals surface area contributed by atoms with Crippen LogP contribution in [0.15, 0.2) is 42.5 Å². The standard InChI is InChI=1S/C20H25FN2/c1-15(22-12-10-16-4-7-19(21)8-5-16)13-17-6-9-20-18(14-17)3-2-11-23-20/h4-9,14-15,22-23H,2-3,10-13H2,1H3. The number of fused-ring (bicyclic) bond motifs is 1. The molecule has 2 aromatic carbocycles. The summed E-state index contributed by atoms with van der Waals surface area (Å²) in [5.74, 6) is -0.169. The van der Waals surface area contributed by atoms with Crippen LogP contribution < -0.4 is 10.6 Å². The van der Waals surface area contributed by atoms with Gasteiger partial charge in [0.25, 0.3) is 0 Å². The number of rotatable bonds is 6. The maximum Gasteiger partial charge on any atom is 0.123 e. The fourth-order valence-electron chi connectivity index (χ4n) is 3.19. The molecule has 0 amide bonds. The molecule has 1 aliphatic heterocycles. The molecule has 0 aliphatic carbocycles. The number of halogens is 1. The molecule has 0 spiro atoms. The van der Waals surface area contributed by atoms with E-state index in [-0.39, 0.29) is 5.82 Å². The zero-order chi connectivity index (χ0) is 16.1. The molecule has 1 unspecified atom stereocenters. The molecule has 2 aromatic rings. The van der Waals surface area contributed by atoms with Gasteiger partial charge in [-0.3, -0.25) is 0 Å². The van der Waals surface area contributed by atoms with E-state index < -0.39 is 0 Å². The van der Waals surface area contributed by atoms with Crippen molar-refractivity contribution in [3.8, 4) is 0 Å². The van der Waals surface area contributed by atoms with E-state index >= 15 is 0 Å². The van der Waals surface area contributed by atoms with E-state index in [1.54, 1.807) is 0 Å². The van der Waals surface area contributed by atoms with Gasteiger partial charge in [0, 0.05) is 18.3 Å². The number of aryl methyl sites for hydroxylation is 1. The first-order chi connectivity index (χ1) is 11.2. The molecule has 0 bridgehead atoms. The molecule has 1 aliphatic rings. The highest BCUT2D eigenvalue weighted by Gasteiger charge is 2.10. The van der Waals surface area contributed by atoms with Crippen LogP contribution in [0.4, 0.5) is 10.1 Å². The Morgan fingerprint density at radius 2 is 1.91 bits per heavy atom. The lowest BCUT2D eigenvalue weighted by molar-refractivity contribution is 0.548. The summed E-state index contributed by atoms with van der Waals surface area (Å²) < 4.78 is 12.9. The molecule has 0 radical (unpaired) electrons. The molecule has 2 nitrogen and oxygen atoms in total. The quantitative estimate of drug-likeness (QED) is 0.844. The summed E-state index contributed by atoms with van der Waals surface area (Å²) in [6.07, 6.45) is 4.37. The zero-order valence-electron chi connectivity index (χ0n) is 13.7. The van der Waals surface area contributed by atoms with E-state index in [1.165, 1.54) is 47.4 Å². The van der Waals surface area contributed by atoms with Crippen LogP contribution in [0.25, 0.3) is 0 Å². The third-order valence-corrected chi connectivity index (χ3v) is 4.47. The van der Waals surface area contributed by atoms with Crippen LogP contribution in [-0.4, -0.2) is 19.1 Å². The third-order valence-electron chi connectivity index (χ3n) is 4.47. The Balaban J connectivity index is 1.47. The normalized spacial score (nSPS) is 14.9. The van der Waals surface area contributed by atoms with Crippen LogP contribution in [0.2, 0.25) is 0 Å². The van der Waals surface area contributed by atoms with E-state index in [2.05, 4.69) is 35.8 Å². The summed E-state index contributed by atoms with van der Waals surface area (Å²) in [7, 11) is 0. The Morgan fingerprint density at radius 3 is 2.74 bits per heavy atom. The zero-order valence-corrected chi connectivity index (χ0v) is 13.7. The Kier molecular flexibility index (Phi) is 5.29. The minimum Gasteiger partial charge on any atom is -0.385 e. The van der Waals surface area contributed by atoms with Gasteiger partial charge in [0.05, 0.1) is 0 Å². The second-order valence-electron chi connectivity index (χ2n) is 6.46. The van der Waals surface area contributed by atoms with E-state index in [1.807, 2.05) is 12.1 Å². The molecule has 0 saturated carbocycles. The highest BCUT2D eigenvalue weighted by atomic mass is 19.1. The van der Waals surface area contributed by atoms with Crippen LogP contribution in [0.1, 0.15) is 30.0 Å². The molecule has 2 N–H and O–H groups in total. The molecule has 3 heteroatoms. The van der Waals surface area contributed by atoms with E-state index in [9.17, 15) is 4.39 Å². The first-order valence-electron chi connectivity index (χ1n) is 8.54. The number of anilines is 1. The van der Waals surface area contributed by atoms with Gasteiger partial charge in [0.2, 0.25) is 0 Å². The van der Waals surface area contributed by atoms with Gasteiger partial charge in [-0.1, -0.05) is 24.3 Å². The van der Waals surface area contributed by atoms with Crippen LogP contribution in [0.3, 0.4) is 0 Å². The average molecular weight is 312 g/mol. The summed E-state index contributed by atoms with van der Waals surface area (Å²) in [5, 5.41) is 7.02. The number of hydrogen-bond donors (Lipinski definition) is 2. The van der Waals surface area contributed by atoms with Gasteiger partial charge >= 0.3 is 0 Å². The topological polar surface area (TPSA) is 24.1 Å². The van der Waals surface area contributed by atoms with Crippen LogP contribution in [-0.2, 0) is 19.3 Å². The molecular formula is C20H25FN2. The SMILES string of the molecule is CC(Cc1ccc2c(c1)CCCN2)NCCc1ccc(F)cc1. The van der Waals surface area contributed by atoms with Gasteiger partial charge in [0.1, 0.15) is 5.82 Å². The lowest BCUT2D eigenvalue weighted by Gasteiger charge is -2.20. The summed E-state index contributed by atoms with van der Waals surface area (Å²) in [6.45, 7) is 4.23. The lowest BCUT2D eigenvalue weighted by atomic mass is 9.98. The Morgan fingerprint density at radius 1 is 1.13 bits per heavy atom. The Labute approximate surface area is 138 Å². The Hall–Kier alpha value is -1.87. The highest BCUT2D eigenvalue weighted by Crippen LogP contribution is 2.23. The molecule has 122 valence electrons. The van der Waals surface area contributed by atoms with Crippen molar-refractivity contribution in [2.24, 2.45) is 0 Å². The van der Waals surface area contributed by atoms with E-state index in [0.717, 1.165) is 25.9 Å². The van der Waals surface area contributed by atoms with Crippen LogP contribution in [0.5, 0.6) is 0 Å². The van der Waals surface area contributed by atoms with Gasteiger partial charge < -0.3 is 10.6 Å². The lowest BCUT2D eigenvalue weighted by Crippen LogP contribution is -2.30.